The second-order valence-electron chi connectivity index (χ2n) is 3.59. The molecule has 0 saturated heterocycles. The number of rotatable bonds is 5. The van der Waals surface area contributed by atoms with Crippen molar-refractivity contribution in [3.63, 3.8) is 0 Å². The molecule has 0 bridgehead atoms. The molecule has 0 amide bonds. The summed E-state index contributed by atoms with van der Waals surface area (Å²) in [4.78, 5) is 10.6. The van der Waals surface area contributed by atoms with Crippen molar-refractivity contribution in [3.8, 4) is 0 Å². The van der Waals surface area contributed by atoms with Crippen LogP contribution in [0.15, 0.2) is 10.5 Å². The van der Waals surface area contributed by atoms with Crippen molar-refractivity contribution in [1.82, 2.24) is 0 Å². The van der Waals surface area contributed by atoms with Crippen LogP contribution in [0.3, 0.4) is 0 Å². The molecule has 1 aromatic heterocycles. The largest absolute Gasteiger partial charge is 0.545 e. The number of furan rings is 1. The molecule has 96 valence electrons. The van der Waals surface area contributed by atoms with Crippen LogP contribution in [-0.4, -0.2) is 45.2 Å². The van der Waals surface area contributed by atoms with Gasteiger partial charge in [-0.1, -0.05) is 0 Å². The summed E-state index contributed by atoms with van der Waals surface area (Å²) in [5, 5.41) is 47.3. The predicted octanol–water partition coefficient (Wildman–Crippen LogP) is -2.30. The third-order valence-electron chi connectivity index (χ3n) is 2.35. The number of carboxylic acids is 1. The fourth-order valence-electron chi connectivity index (χ4n) is 1.34. The van der Waals surface area contributed by atoms with Crippen LogP contribution in [0.2, 0.25) is 0 Å². The third kappa shape index (κ3) is 2.83. The minimum absolute atomic E-state index is 0.0183. The highest BCUT2D eigenvalue weighted by atomic mass is 16.4. The summed E-state index contributed by atoms with van der Waals surface area (Å²) in [5.41, 5.74) is -0.246. The first-order valence-electron chi connectivity index (χ1n) is 4.85. The Morgan fingerprint density at radius 1 is 1.47 bits per heavy atom. The smallest absolute Gasteiger partial charge is 0.140 e. The molecule has 1 rings (SSSR count). The van der Waals surface area contributed by atoms with Crippen LogP contribution in [0.4, 0.5) is 0 Å². The number of hydrogen-bond donors (Lipinski definition) is 4. The van der Waals surface area contributed by atoms with Crippen LogP contribution >= 0.6 is 0 Å². The van der Waals surface area contributed by atoms with Gasteiger partial charge in [0.05, 0.1) is 12.6 Å². The lowest BCUT2D eigenvalue weighted by Crippen LogP contribution is -2.34. The number of aryl methyl sites for hydroxylation is 1. The summed E-state index contributed by atoms with van der Waals surface area (Å²) in [7, 11) is 0. The summed E-state index contributed by atoms with van der Waals surface area (Å²) >= 11 is 0. The van der Waals surface area contributed by atoms with Gasteiger partial charge in [-0.25, -0.2) is 0 Å². The van der Waals surface area contributed by atoms with Gasteiger partial charge in [-0.15, -0.1) is 0 Å². The fourth-order valence-corrected chi connectivity index (χ4v) is 1.34. The molecular weight excluding hydrogens is 232 g/mol. The van der Waals surface area contributed by atoms with Crippen molar-refractivity contribution >= 4 is 5.97 Å². The average Bonchev–Trinajstić information content (AvgIpc) is 2.68. The van der Waals surface area contributed by atoms with Gasteiger partial charge in [0.25, 0.3) is 0 Å². The van der Waals surface area contributed by atoms with Crippen molar-refractivity contribution < 1.29 is 34.7 Å². The van der Waals surface area contributed by atoms with Gasteiger partial charge in [0.1, 0.15) is 29.8 Å². The highest BCUT2D eigenvalue weighted by Gasteiger charge is 2.28. The van der Waals surface area contributed by atoms with Crippen molar-refractivity contribution in [3.05, 3.63) is 23.2 Å². The van der Waals surface area contributed by atoms with Gasteiger partial charge >= 0.3 is 0 Å². The van der Waals surface area contributed by atoms with E-state index in [1.54, 1.807) is 0 Å². The maximum Gasteiger partial charge on any atom is 0.140 e. The predicted molar refractivity (Wildman–Crippen MR) is 51.8 cm³/mol. The standard InChI is InChI=1S/C10H14O7/c1-4-5(10(15)16)2-7(17-4)9(14)8(13)6(12)3-11/h2,6,8-9,11-14H,3H2,1H3,(H,15,16)/p-1/t6-,8+,9-/m1/s1. The Balaban J connectivity index is 2.93. The van der Waals surface area contributed by atoms with E-state index in [1.165, 1.54) is 6.92 Å². The Morgan fingerprint density at radius 2 is 2.06 bits per heavy atom. The molecule has 4 N–H and O–H groups in total. The summed E-state index contributed by atoms with van der Waals surface area (Å²) in [5.74, 6) is -1.67. The summed E-state index contributed by atoms with van der Waals surface area (Å²) in [6, 6.07) is 1.00. The van der Waals surface area contributed by atoms with E-state index >= 15 is 0 Å². The zero-order valence-electron chi connectivity index (χ0n) is 9.03. The number of aliphatic hydroxyl groups is 4. The maximum absolute atomic E-state index is 10.6. The quantitative estimate of drug-likeness (QED) is 0.458. The molecule has 0 aliphatic rings. The van der Waals surface area contributed by atoms with E-state index < -0.39 is 30.9 Å². The molecule has 3 atom stereocenters. The minimum Gasteiger partial charge on any atom is -0.545 e. The lowest BCUT2D eigenvalue weighted by atomic mass is 10.1. The normalized spacial score (nSPS) is 16.5. The molecule has 0 unspecified atom stereocenters. The van der Waals surface area contributed by atoms with Crippen molar-refractivity contribution in [1.29, 1.82) is 0 Å². The van der Waals surface area contributed by atoms with Gasteiger partial charge in [-0.2, -0.15) is 0 Å². The number of aliphatic hydroxyl groups excluding tert-OH is 4. The number of aromatic carboxylic acids is 1. The lowest BCUT2D eigenvalue weighted by molar-refractivity contribution is -0.255. The molecule has 1 aromatic rings. The van der Waals surface area contributed by atoms with Gasteiger partial charge in [0.2, 0.25) is 0 Å². The first kappa shape index (κ1) is 13.7. The van der Waals surface area contributed by atoms with E-state index in [0.717, 1.165) is 6.07 Å². The Labute approximate surface area is 96.5 Å². The van der Waals surface area contributed by atoms with Gasteiger partial charge in [0.15, 0.2) is 0 Å². The van der Waals surface area contributed by atoms with Crippen LogP contribution in [-0.2, 0) is 0 Å². The lowest BCUT2D eigenvalue weighted by Gasteiger charge is -2.19. The fraction of sp³-hybridized carbons (Fsp3) is 0.500. The highest BCUT2D eigenvalue weighted by Crippen LogP contribution is 2.24. The Hall–Kier alpha value is -1.41. The Morgan fingerprint density at radius 3 is 2.47 bits per heavy atom. The molecule has 0 fully saturated rings. The number of carboxylic acid groups (broad SMARTS) is 1. The second kappa shape index (κ2) is 5.28. The van der Waals surface area contributed by atoms with Crippen LogP contribution < -0.4 is 5.11 Å². The molecule has 0 aliphatic carbocycles. The monoisotopic (exact) mass is 245 g/mol. The van der Waals surface area contributed by atoms with E-state index in [1.807, 2.05) is 0 Å². The highest BCUT2D eigenvalue weighted by molar-refractivity contribution is 5.87. The zero-order valence-corrected chi connectivity index (χ0v) is 9.03. The zero-order chi connectivity index (χ0) is 13.2. The number of carbonyl (C=O) groups excluding carboxylic acids is 1. The summed E-state index contributed by atoms with van der Waals surface area (Å²) in [6.07, 6.45) is -4.87. The Bertz CT molecular complexity index is 397. The molecule has 0 aromatic carbocycles. The second-order valence-corrected chi connectivity index (χ2v) is 3.59. The maximum atomic E-state index is 10.6. The van der Waals surface area contributed by atoms with E-state index in [0.29, 0.717) is 0 Å². The van der Waals surface area contributed by atoms with E-state index in [-0.39, 0.29) is 17.1 Å². The SMILES string of the molecule is Cc1oc([C@@H](O)[C@@H](O)[C@H](O)CO)cc1C(=O)[O-]. The van der Waals surface area contributed by atoms with E-state index in [2.05, 4.69) is 0 Å². The summed E-state index contributed by atoms with van der Waals surface area (Å²) < 4.78 is 4.93. The van der Waals surface area contributed by atoms with Crippen LogP contribution in [0.25, 0.3) is 0 Å². The van der Waals surface area contributed by atoms with Crippen LogP contribution in [0, 0.1) is 6.92 Å². The molecule has 7 nitrogen and oxygen atoms in total. The first-order valence-corrected chi connectivity index (χ1v) is 4.85. The molecule has 0 aliphatic heterocycles. The molecule has 0 spiro atoms. The Kier molecular flexibility index (Phi) is 4.24. The third-order valence-corrected chi connectivity index (χ3v) is 2.35. The molecule has 17 heavy (non-hydrogen) atoms. The van der Waals surface area contributed by atoms with Crippen molar-refractivity contribution in [2.24, 2.45) is 0 Å². The van der Waals surface area contributed by atoms with Gasteiger partial charge < -0.3 is 34.7 Å². The van der Waals surface area contributed by atoms with Crippen molar-refractivity contribution in [2.45, 2.75) is 25.2 Å². The van der Waals surface area contributed by atoms with E-state index in [9.17, 15) is 20.1 Å². The average molecular weight is 245 g/mol. The van der Waals surface area contributed by atoms with Gasteiger partial charge in [0, 0.05) is 5.56 Å². The first-order chi connectivity index (χ1) is 7.88. The van der Waals surface area contributed by atoms with Gasteiger partial charge in [-0.05, 0) is 13.0 Å². The number of hydrogen-bond acceptors (Lipinski definition) is 7. The molecular formula is C10H13O7-. The molecule has 0 saturated carbocycles. The topological polar surface area (TPSA) is 134 Å². The minimum atomic E-state index is -1.68. The molecule has 1 heterocycles. The molecule has 7 heteroatoms. The van der Waals surface area contributed by atoms with E-state index in [4.69, 9.17) is 14.6 Å². The van der Waals surface area contributed by atoms with Gasteiger partial charge in [-0.3, -0.25) is 0 Å². The number of carbonyl (C=O) groups is 1. The summed E-state index contributed by atoms with van der Waals surface area (Å²) in [6.45, 7) is 0.613. The molecule has 0 radical (unpaired) electrons. The van der Waals surface area contributed by atoms with Crippen molar-refractivity contribution in [2.75, 3.05) is 6.61 Å². The van der Waals surface area contributed by atoms with Crippen LogP contribution in [0.1, 0.15) is 28.0 Å². The van der Waals surface area contributed by atoms with Crippen LogP contribution in [0.5, 0.6) is 0 Å².